The maximum atomic E-state index is 11.3. The van der Waals surface area contributed by atoms with Crippen LogP contribution >= 0.6 is 11.6 Å². The minimum Gasteiger partial charge on any atom is -0.341 e. The van der Waals surface area contributed by atoms with Crippen molar-refractivity contribution in [3.8, 4) is 0 Å². The smallest absolute Gasteiger partial charge is 0.243 e. The van der Waals surface area contributed by atoms with Crippen molar-refractivity contribution in [2.45, 2.75) is 13.0 Å². The Bertz CT molecular complexity index is 536. The van der Waals surface area contributed by atoms with Crippen LogP contribution in [0.5, 0.6) is 0 Å². The number of nitrogens with two attached hydrogens (primary N) is 1. The summed E-state index contributed by atoms with van der Waals surface area (Å²) in [6.07, 6.45) is 1.45. The van der Waals surface area contributed by atoms with Crippen LogP contribution in [-0.2, 0) is 4.79 Å². The molecule has 0 aromatic carbocycles. The van der Waals surface area contributed by atoms with E-state index in [2.05, 4.69) is 25.3 Å². The fourth-order valence-electron chi connectivity index (χ4n) is 1.08. The first-order chi connectivity index (χ1) is 7.58. The van der Waals surface area contributed by atoms with E-state index < -0.39 is 6.04 Å². The molecule has 1 atom stereocenters. The van der Waals surface area contributed by atoms with Gasteiger partial charge in [0.25, 0.3) is 0 Å². The van der Waals surface area contributed by atoms with Crippen LogP contribution in [0.1, 0.15) is 6.92 Å². The number of halogens is 1. The Morgan fingerprint density at radius 1 is 1.62 bits per heavy atom. The Labute approximate surface area is 95.4 Å². The highest BCUT2D eigenvalue weighted by atomic mass is 35.5. The van der Waals surface area contributed by atoms with Gasteiger partial charge in [-0.2, -0.15) is 9.97 Å². The van der Waals surface area contributed by atoms with Gasteiger partial charge in [-0.3, -0.25) is 10.1 Å². The van der Waals surface area contributed by atoms with Gasteiger partial charge in [0.15, 0.2) is 10.8 Å². The minimum atomic E-state index is -0.641. The summed E-state index contributed by atoms with van der Waals surface area (Å²) in [5.74, 6) is -0.294. The molecule has 0 fully saturated rings. The number of amides is 1. The zero-order chi connectivity index (χ0) is 11.7. The molecule has 0 aliphatic carbocycles. The number of imidazole rings is 1. The van der Waals surface area contributed by atoms with Crippen molar-refractivity contribution in [3.05, 3.63) is 11.5 Å². The topological polar surface area (TPSA) is 110 Å². The second-order valence-electron chi connectivity index (χ2n) is 3.22. The van der Waals surface area contributed by atoms with Crippen LogP contribution in [0.25, 0.3) is 11.2 Å². The zero-order valence-corrected chi connectivity index (χ0v) is 9.12. The third-order valence-corrected chi connectivity index (χ3v) is 2.16. The van der Waals surface area contributed by atoms with Crippen LogP contribution in [-0.4, -0.2) is 31.9 Å². The average molecular weight is 241 g/mol. The minimum absolute atomic E-state index is 0.0897. The Morgan fingerprint density at radius 3 is 3.06 bits per heavy atom. The predicted octanol–water partition coefficient (Wildman–Crippen LogP) is 0.292. The molecule has 0 unspecified atom stereocenters. The Hall–Kier alpha value is -1.73. The summed E-state index contributed by atoms with van der Waals surface area (Å²) >= 11 is 5.86. The van der Waals surface area contributed by atoms with Crippen molar-refractivity contribution in [2.24, 2.45) is 5.73 Å². The number of aromatic amines is 1. The van der Waals surface area contributed by atoms with Crippen LogP contribution in [0.3, 0.4) is 0 Å². The molecule has 0 aliphatic heterocycles. The quantitative estimate of drug-likeness (QED) is 0.654. The molecule has 8 heteroatoms. The summed E-state index contributed by atoms with van der Waals surface area (Å²) in [5, 5.41) is 2.64. The molecule has 0 spiro atoms. The summed E-state index contributed by atoms with van der Waals surface area (Å²) in [7, 11) is 0. The molecule has 84 valence electrons. The van der Waals surface area contributed by atoms with E-state index in [-0.39, 0.29) is 17.0 Å². The monoisotopic (exact) mass is 240 g/mol. The Balaban J connectivity index is 2.35. The molecular weight excluding hydrogens is 232 g/mol. The van der Waals surface area contributed by atoms with Crippen molar-refractivity contribution >= 4 is 34.6 Å². The van der Waals surface area contributed by atoms with Crippen molar-refractivity contribution in [3.63, 3.8) is 0 Å². The molecule has 7 nitrogen and oxygen atoms in total. The second-order valence-corrected chi connectivity index (χ2v) is 3.58. The van der Waals surface area contributed by atoms with Gasteiger partial charge in [0.2, 0.25) is 11.9 Å². The standard InChI is InChI=1S/C8H9ClN6O/c1-3(10)7(16)15-8-13-5(9)4-6(14-8)12-2-11-4/h2-3H,10H2,1H3,(H2,11,12,13,14,15,16)/t3-/m0/s1. The van der Waals surface area contributed by atoms with E-state index in [4.69, 9.17) is 17.3 Å². The van der Waals surface area contributed by atoms with Crippen LogP contribution in [0, 0.1) is 0 Å². The molecule has 0 aliphatic rings. The van der Waals surface area contributed by atoms with Gasteiger partial charge in [0.1, 0.15) is 5.52 Å². The highest BCUT2D eigenvalue weighted by Crippen LogP contribution is 2.18. The maximum Gasteiger partial charge on any atom is 0.243 e. The molecule has 16 heavy (non-hydrogen) atoms. The van der Waals surface area contributed by atoms with Crippen LogP contribution in [0.2, 0.25) is 5.15 Å². The van der Waals surface area contributed by atoms with E-state index in [1.165, 1.54) is 6.33 Å². The number of nitrogens with zero attached hydrogens (tertiary/aromatic N) is 3. The molecular formula is C8H9ClN6O. The van der Waals surface area contributed by atoms with Gasteiger partial charge in [-0.1, -0.05) is 11.6 Å². The van der Waals surface area contributed by atoms with Gasteiger partial charge in [0.05, 0.1) is 12.4 Å². The van der Waals surface area contributed by atoms with E-state index in [9.17, 15) is 4.79 Å². The lowest BCUT2D eigenvalue weighted by Crippen LogP contribution is -2.33. The molecule has 2 heterocycles. The number of fused-ring (bicyclic) bond motifs is 1. The third-order valence-electron chi connectivity index (χ3n) is 1.89. The highest BCUT2D eigenvalue weighted by molar-refractivity contribution is 6.33. The first kappa shape index (κ1) is 10.8. The Morgan fingerprint density at radius 2 is 2.38 bits per heavy atom. The molecule has 4 N–H and O–H groups in total. The van der Waals surface area contributed by atoms with E-state index in [1.807, 2.05) is 0 Å². The first-order valence-electron chi connectivity index (χ1n) is 4.51. The fourth-order valence-corrected chi connectivity index (χ4v) is 1.30. The molecule has 2 rings (SSSR count). The lowest BCUT2D eigenvalue weighted by Gasteiger charge is -2.05. The van der Waals surface area contributed by atoms with Gasteiger partial charge >= 0.3 is 0 Å². The largest absolute Gasteiger partial charge is 0.341 e. The first-order valence-corrected chi connectivity index (χ1v) is 4.89. The molecule has 0 saturated heterocycles. The number of hydrogen-bond acceptors (Lipinski definition) is 5. The SMILES string of the molecule is C[C@H](N)C(=O)Nc1nc(Cl)c2[nH]cnc2n1. The summed E-state index contributed by atoms with van der Waals surface area (Å²) in [5.41, 5.74) is 6.31. The fraction of sp³-hybridized carbons (Fsp3) is 0.250. The molecule has 2 aromatic heterocycles. The number of carbonyl (C=O) groups is 1. The number of nitrogens with one attached hydrogen (secondary N) is 2. The maximum absolute atomic E-state index is 11.3. The Kier molecular flexibility index (Phi) is 2.71. The predicted molar refractivity (Wildman–Crippen MR) is 59.0 cm³/mol. The summed E-state index contributed by atoms with van der Waals surface area (Å²) in [4.78, 5) is 25.9. The van der Waals surface area contributed by atoms with E-state index in [0.29, 0.717) is 11.2 Å². The van der Waals surface area contributed by atoms with Crippen molar-refractivity contribution in [2.75, 3.05) is 5.32 Å². The number of anilines is 1. The van der Waals surface area contributed by atoms with E-state index in [1.54, 1.807) is 6.92 Å². The molecule has 0 bridgehead atoms. The number of rotatable bonds is 2. The van der Waals surface area contributed by atoms with Gasteiger partial charge in [-0.05, 0) is 6.92 Å². The second kappa shape index (κ2) is 4.03. The van der Waals surface area contributed by atoms with E-state index >= 15 is 0 Å². The lowest BCUT2D eigenvalue weighted by molar-refractivity contribution is -0.117. The van der Waals surface area contributed by atoms with Crippen LogP contribution in [0.15, 0.2) is 6.33 Å². The number of aromatic nitrogens is 4. The average Bonchev–Trinajstić information content (AvgIpc) is 2.65. The molecule has 0 radical (unpaired) electrons. The van der Waals surface area contributed by atoms with Gasteiger partial charge in [-0.25, -0.2) is 4.98 Å². The summed E-state index contributed by atoms with van der Waals surface area (Å²) < 4.78 is 0. The summed E-state index contributed by atoms with van der Waals surface area (Å²) in [6.45, 7) is 1.56. The van der Waals surface area contributed by atoms with Gasteiger partial charge in [-0.15, -0.1) is 0 Å². The molecule has 2 aromatic rings. The number of hydrogen-bond donors (Lipinski definition) is 3. The zero-order valence-electron chi connectivity index (χ0n) is 8.36. The highest BCUT2D eigenvalue weighted by Gasteiger charge is 2.12. The molecule has 0 saturated carbocycles. The number of carbonyl (C=O) groups excluding carboxylic acids is 1. The van der Waals surface area contributed by atoms with Crippen molar-refractivity contribution in [1.29, 1.82) is 0 Å². The molecule has 1 amide bonds. The van der Waals surface area contributed by atoms with Gasteiger partial charge < -0.3 is 10.7 Å². The van der Waals surface area contributed by atoms with Crippen LogP contribution in [0.4, 0.5) is 5.95 Å². The van der Waals surface area contributed by atoms with Gasteiger partial charge in [0, 0.05) is 0 Å². The third kappa shape index (κ3) is 1.95. The van der Waals surface area contributed by atoms with Crippen molar-refractivity contribution < 1.29 is 4.79 Å². The van der Waals surface area contributed by atoms with Crippen molar-refractivity contribution in [1.82, 2.24) is 19.9 Å². The normalized spacial score (nSPS) is 12.7. The lowest BCUT2D eigenvalue weighted by atomic mass is 10.3. The summed E-state index contributed by atoms with van der Waals surface area (Å²) in [6, 6.07) is -0.641. The number of H-pyrrole nitrogens is 1. The van der Waals surface area contributed by atoms with E-state index in [0.717, 1.165) is 0 Å². The van der Waals surface area contributed by atoms with Crippen LogP contribution < -0.4 is 11.1 Å².